The van der Waals surface area contributed by atoms with Gasteiger partial charge in [-0.25, -0.2) is 17.6 Å². The second-order valence-corrected chi connectivity index (χ2v) is 8.49. The number of alkyl halides is 3. The van der Waals surface area contributed by atoms with E-state index in [-0.39, 0.29) is 11.5 Å². The third-order valence-electron chi connectivity index (χ3n) is 5.68. The van der Waals surface area contributed by atoms with Crippen molar-refractivity contribution >= 4 is 0 Å². The van der Waals surface area contributed by atoms with E-state index in [0.717, 1.165) is 43.7 Å². The summed E-state index contributed by atoms with van der Waals surface area (Å²) in [7, 11) is 0. The highest BCUT2D eigenvalue weighted by atomic mass is 19.4. The fourth-order valence-electron chi connectivity index (χ4n) is 3.91. The Labute approximate surface area is 199 Å². The van der Waals surface area contributed by atoms with E-state index in [2.05, 4.69) is 6.92 Å². The fraction of sp³-hybridized carbons (Fsp3) is 0.462. The number of halogens is 7. The van der Waals surface area contributed by atoms with Gasteiger partial charge in [0, 0.05) is 17.4 Å². The predicted octanol–water partition coefficient (Wildman–Crippen LogP) is 7.85. The molecular formula is C26H25F7O2. The second-order valence-electron chi connectivity index (χ2n) is 8.49. The van der Waals surface area contributed by atoms with Crippen LogP contribution in [-0.2, 0) is 9.47 Å². The average molecular weight is 502 g/mol. The number of hydrogen-bond acceptors (Lipinski definition) is 2. The summed E-state index contributed by atoms with van der Waals surface area (Å²) < 4.78 is 106. The molecule has 2 nitrogen and oxygen atoms in total. The van der Waals surface area contributed by atoms with Gasteiger partial charge < -0.3 is 9.47 Å². The topological polar surface area (TPSA) is 18.5 Å². The number of ether oxygens (including phenoxy) is 2. The van der Waals surface area contributed by atoms with Gasteiger partial charge in [0.15, 0.2) is 6.29 Å². The van der Waals surface area contributed by atoms with Crippen molar-refractivity contribution in [2.24, 2.45) is 5.92 Å². The van der Waals surface area contributed by atoms with Crippen molar-refractivity contribution < 1.29 is 40.2 Å². The molecule has 0 N–H and O–H groups in total. The Morgan fingerprint density at radius 3 is 1.94 bits per heavy atom. The number of hydrogen-bond donors (Lipinski definition) is 0. The van der Waals surface area contributed by atoms with Crippen molar-refractivity contribution in [3.05, 3.63) is 58.7 Å². The maximum absolute atomic E-state index is 14.8. The van der Waals surface area contributed by atoms with E-state index in [9.17, 15) is 30.7 Å². The first kappa shape index (κ1) is 27.0. The molecule has 1 heterocycles. The lowest BCUT2D eigenvalue weighted by Crippen LogP contribution is -2.27. The minimum absolute atomic E-state index is 0.0683. The molecule has 0 bridgehead atoms. The molecule has 0 radical (unpaired) electrons. The van der Waals surface area contributed by atoms with Crippen molar-refractivity contribution in [1.82, 2.24) is 0 Å². The van der Waals surface area contributed by atoms with Crippen molar-refractivity contribution in [3.63, 3.8) is 0 Å². The first-order valence-corrected chi connectivity index (χ1v) is 11.4. The van der Waals surface area contributed by atoms with Crippen LogP contribution in [0.2, 0.25) is 0 Å². The molecule has 3 rings (SSSR count). The molecule has 0 saturated carbocycles. The third kappa shape index (κ3) is 7.45. The van der Waals surface area contributed by atoms with Crippen LogP contribution in [0.5, 0.6) is 0 Å². The molecule has 1 fully saturated rings. The maximum atomic E-state index is 14.8. The smallest absolute Gasteiger partial charge is 0.348 e. The summed E-state index contributed by atoms with van der Waals surface area (Å²) >= 11 is 0. The van der Waals surface area contributed by atoms with Gasteiger partial charge in [0.25, 0.3) is 0 Å². The largest absolute Gasteiger partial charge is 0.458 e. The van der Waals surface area contributed by atoms with Crippen molar-refractivity contribution in [1.29, 1.82) is 0 Å². The van der Waals surface area contributed by atoms with Gasteiger partial charge in [0.05, 0.1) is 24.3 Å². The molecule has 9 heteroatoms. The molecule has 0 aromatic heterocycles. The van der Waals surface area contributed by atoms with E-state index in [1.807, 2.05) is 0 Å². The monoisotopic (exact) mass is 502 g/mol. The van der Waals surface area contributed by atoms with E-state index in [1.165, 1.54) is 18.8 Å². The van der Waals surface area contributed by atoms with Crippen LogP contribution < -0.4 is 0 Å². The molecule has 2 aromatic rings. The Morgan fingerprint density at radius 1 is 0.829 bits per heavy atom. The zero-order valence-electron chi connectivity index (χ0n) is 19.1. The predicted molar refractivity (Wildman–Crippen MR) is 116 cm³/mol. The second kappa shape index (κ2) is 11.9. The third-order valence-corrected chi connectivity index (χ3v) is 5.68. The van der Waals surface area contributed by atoms with Crippen LogP contribution in [0.4, 0.5) is 30.7 Å². The van der Waals surface area contributed by atoms with Gasteiger partial charge in [-0.3, -0.25) is 0 Å². The van der Waals surface area contributed by atoms with Gasteiger partial charge in [-0.2, -0.15) is 13.2 Å². The highest BCUT2D eigenvalue weighted by Gasteiger charge is 2.27. The minimum Gasteiger partial charge on any atom is -0.348 e. The highest BCUT2D eigenvalue weighted by molar-refractivity contribution is 5.67. The van der Waals surface area contributed by atoms with Crippen molar-refractivity contribution in [2.75, 3.05) is 13.2 Å². The number of rotatable bonds is 8. The van der Waals surface area contributed by atoms with Gasteiger partial charge in [0.2, 0.25) is 0 Å². The highest BCUT2D eigenvalue weighted by Crippen LogP contribution is 2.34. The summed E-state index contributed by atoms with van der Waals surface area (Å²) in [5.74, 6) is -2.89. The summed E-state index contributed by atoms with van der Waals surface area (Å²) in [5.41, 5.74) is -2.33. The van der Waals surface area contributed by atoms with E-state index in [1.54, 1.807) is 0 Å². The molecule has 1 aliphatic heterocycles. The zero-order valence-corrected chi connectivity index (χ0v) is 19.1. The SMILES string of the molecule is CCCCCCCC1COC(c2cc(F)c(-c3cc(F)c(C#CC(F)(F)F)c(F)c3)c(F)c2)OC1. The van der Waals surface area contributed by atoms with Gasteiger partial charge in [-0.05, 0) is 36.2 Å². The van der Waals surface area contributed by atoms with E-state index < -0.39 is 52.4 Å². The van der Waals surface area contributed by atoms with Crippen LogP contribution in [0.15, 0.2) is 24.3 Å². The van der Waals surface area contributed by atoms with Crippen LogP contribution in [0.1, 0.15) is 62.9 Å². The Morgan fingerprint density at radius 2 is 1.40 bits per heavy atom. The Hall–Kier alpha value is -2.57. The van der Waals surface area contributed by atoms with Crippen molar-refractivity contribution in [2.45, 2.75) is 57.9 Å². The van der Waals surface area contributed by atoms with Crippen LogP contribution in [0.25, 0.3) is 11.1 Å². The van der Waals surface area contributed by atoms with E-state index >= 15 is 0 Å². The minimum atomic E-state index is -4.95. The molecule has 35 heavy (non-hydrogen) atoms. The Balaban J connectivity index is 1.71. The fourth-order valence-corrected chi connectivity index (χ4v) is 3.91. The van der Waals surface area contributed by atoms with E-state index in [4.69, 9.17) is 9.47 Å². The van der Waals surface area contributed by atoms with Gasteiger partial charge in [-0.1, -0.05) is 44.9 Å². The summed E-state index contributed by atoms with van der Waals surface area (Å²) in [6.07, 6.45) is 0.698. The molecule has 0 amide bonds. The summed E-state index contributed by atoms with van der Waals surface area (Å²) in [6, 6.07) is 2.95. The Bertz CT molecular complexity index is 1030. The molecule has 1 aliphatic rings. The van der Waals surface area contributed by atoms with Crippen LogP contribution in [0.3, 0.4) is 0 Å². The van der Waals surface area contributed by atoms with Crippen LogP contribution >= 0.6 is 0 Å². The van der Waals surface area contributed by atoms with E-state index in [0.29, 0.717) is 25.3 Å². The summed E-state index contributed by atoms with van der Waals surface area (Å²) in [4.78, 5) is 0. The lowest BCUT2D eigenvalue weighted by molar-refractivity contribution is -0.206. The zero-order chi connectivity index (χ0) is 25.6. The first-order chi connectivity index (χ1) is 16.6. The number of unbranched alkanes of at least 4 members (excludes halogenated alkanes) is 4. The maximum Gasteiger partial charge on any atom is 0.458 e. The first-order valence-electron chi connectivity index (χ1n) is 11.4. The van der Waals surface area contributed by atoms with Gasteiger partial charge >= 0.3 is 6.18 Å². The lowest BCUT2D eigenvalue weighted by atomic mass is 9.99. The van der Waals surface area contributed by atoms with Crippen LogP contribution in [0, 0.1) is 41.0 Å². The van der Waals surface area contributed by atoms with Gasteiger partial charge in [-0.15, -0.1) is 0 Å². The standard InChI is InChI=1S/C26H25F7O2/c1-2-3-4-5-6-7-16-14-34-25(35-15-16)18-12-22(29)24(23(30)13-18)17-10-20(27)19(21(28)11-17)8-9-26(31,32)33/h10-13,16,25H,2-7,14-15H2,1H3. The van der Waals surface area contributed by atoms with Gasteiger partial charge in [0.1, 0.15) is 23.3 Å². The van der Waals surface area contributed by atoms with Crippen molar-refractivity contribution in [3.8, 4) is 23.0 Å². The molecule has 190 valence electrons. The quantitative estimate of drug-likeness (QED) is 0.208. The lowest BCUT2D eigenvalue weighted by Gasteiger charge is -2.30. The normalized spacial score (nSPS) is 18.3. The summed E-state index contributed by atoms with van der Waals surface area (Å²) in [6.45, 7) is 2.89. The average Bonchev–Trinajstić information content (AvgIpc) is 2.77. The molecular weight excluding hydrogens is 477 g/mol. The Kier molecular flexibility index (Phi) is 9.20. The summed E-state index contributed by atoms with van der Waals surface area (Å²) in [5, 5.41) is 0. The molecule has 1 saturated heterocycles. The van der Waals surface area contributed by atoms with Crippen LogP contribution in [-0.4, -0.2) is 19.4 Å². The molecule has 2 aromatic carbocycles. The molecule has 0 unspecified atom stereocenters. The number of benzene rings is 2. The molecule has 0 aliphatic carbocycles. The molecule has 0 spiro atoms. The molecule has 0 atom stereocenters.